The van der Waals surface area contributed by atoms with Crippen LogP contribution in [0.5, 0.6) is 5.88 Å². The minimum absolute atomic E-state index is 0.0169. The van der Waals surface area contributed by atoms with Gasteiger partial charge in [0.2, 0.25) is 0 Å². The van der Waals surface area contributed by atoms with E-state index in [2.05, 4.69) is 9.72 Å². The second kappa shape index (κ2) is 2.74. The van der Waals surface area contributed by atoms with Crippen LogP contribution < -0.4 is 10.5 Å². The molecular weight excluding hydrogens is 147 g/mol. The Morgan fingerprint density at radius 3 is 2.82 bits per heavy atom. The van der Waals surface area contributed by atoms with Crippen LogP contribution in [0.15, 0.2) is 6.20 Å². The zero-order valence-electron chi connectivity index (χ0n) is 6.39. The van der Waals surface area contributed by atoms with E-state index in [1.54, 1.807) is 6.92 Å². The quantitative estimate of drug-likeness (QED) is 0.662. The Morgan fingerprint density at radius 2 is 2.27 bits per heavy atom. The van der Waals surface area contributed by atoms with Crippen molar-refractivity contribution in [3.63, 3.8) is 0 Å². The maximum Gasteiger partial charge on any atom is 0.250 e. The Balaban J connectivity index is 3.25. The van der Waals surface area contributed by atoms with Gasteiger partial charge in [0.15, 0.2) is 5.82 Å². The molecule has 0 atom stereocenters. The van der Waals surface area contributed by atoms with E-state index in [-0.39, 0.29) is 5.88 Å². The first-order valence-corrected chi connectivity index (χ1v) is 3.11. The highest BCUT2D eigenvalue weighted by atomic mass is 19.1. The second-order valence-electron chi connectivity index (χ2n) is 2.16. The molecule has 2 N–H and O–H groups in total. The molecule has 11 heavy (non-hydrogen) atoms. The van der Waals surface area contributed by atoms with Crippen molar-refractivity contribution >= 4 is 5.69 Å². The summed E-state index contributed by atoms with van der Waals surface area (Å²) in [4.78, 5) is 3.63. The van der Waals surface area contributed by atoms with Crippen molar-refractivity contribution in [1.29, 1.82) is 0 Å². The number of rotatable bonds is 1. The molecule has 0 saturated carbocycles. The molecule has 60 valence electrons. The van der Waals surface area contributed by atoms with Gasteiger partial charge in [-0.05, 0) is 6.92 Å². The number of methoxy groups -OCH3 is 1. The lowest BCUT2D eigenvalue weighted by atomic mass is 10.2. The SMILES string of the molecule is COc1ncc(N)c(C)c1F. The van der Waals surface area contributed by atoms with Crippen molar-refractivity contribution in [2.75, 3.05) is 12.8 Å². The fourth-order valence-corrected chi connectivity index (χ4v) is 0.711. The van der Waals surface area contributed by atoms with E-state index in [1.165, 1.54) is 13.3 Å². The molecule has 0 fully saturated rings. The molecular formula is C7H9FN2O. The van der Waals surface area contributed by atoms with Crippen molar-refractivity contribution in [3.8, 4) is 5.88 Å². The minimum Gasteiger partial charge on any atom is -0.479 e. The third-order valence-electron chi connectivity index (χ3n) is 1.46. The Bertz CT molecular complexity index is 275. The topological polar surface area (TPSA) is 48.1 Å². The number of hydrogen-bond acceptors (Lipinski definition) is 3. The minimum atomic E-state index is -0.493. The summed E-state index contributed by atoms with van der Waals surface area (Å²) in [7, 11) is 1.36. The smallest absolute Gasteiger partial charge is 0.250 e. The van der Waals surface area contributed by atoms with E-state index >= 15 is 0 Å². The Kier molecular flexibility index (Phi) is 1.94. The van der Waals surface area contributed by atoms with Gasteiger partial charge in [0, 0.05) is 5.56 Å². The number of ether oxygens (including phenoxy) is 1. The summed E-state index contributed by atoms with van der Waals surface area (Å²) in [6.45, 7) is 1.58. The van der Waals surface area contributed by atoms with E-state index in [0.717, 1.165) is 0 Å². The third-order valence-corrected chi connectivity index (χ3v) is 1.46. The summed E-state index contributed by atoms with van der Waals surface area (Å²) in [5, 5.41) is 0. The largest absolute Gasteiger partial charge is 0.479 e. The molecule has 1 aromatic heterocycles. The van der Waals surface area contributed by atoms with Gasteiger partial charge in [-0.25, -0.2) is 9.37 Å². The van der Waals surface area contributed by atoms with Crippen LogP contribution in [-0.2, 0) is 0 Å². The van der Waals surface area contributed by atoms with Crippen LogP contribution in [0.4, 0.5) is 10.1 Å². The molecule has 0 aliphatic carbocycles. The molecule has 0 bridgehead atoms. The first-order valence-electron chi connectivity index (χ1n) is 3.11. The molecule has 1 aromatic rings. The average Bonchev–Trinajstić information content (AvgIpc) is 2.01. The number of nitrogens with two attached hydrogens (primary N) is 1. The van der Waals surface area contributed by atoms with Crippen LogP contribution >= 0.6 is 0 Å². The highest BCUT2D eigenvalue weighted by Crippen LogP contribution is 2.20. The number of pyridine rings is 1. The van der Waals surface area contributed by atoms with Gasteiger partial charge in [0.05, 0.1) is 19.0 Å². The van der Waals surface area contributed by atoms with Crippen LogP contribution in [0.25, 0.3) is 0 Å². The zero-order chi connectivity index (χ0) is 8.43. The molecule has 0 aliphatic rings. The molecule has 0 saturated heterocycles. The predicted octanol–water partition coefficient (Wildman–Crippen LogP) is 1.12. The standard InChI is InChI=1S/C7H9FN2O/c1-4-5(9)3-10-7(11-2)6(4)8/h3H,9H2,1-2H3. The maximum absolute atomic E-state index is 13.0. The summed E-state index contributed by atoms with van der Waals surface area (Å²) in [6.07, 6.45) is 1.37. The maximum atomic E-state index is 13.0. The van der Waals surface area contributed by atoms with Gasteiger partial charge in [-0.15, -0.1) is 0 Å². The van der Waals surface area contributed by atoms with Crippen LogP contribution in [-0.4, -0.2) is 12.1 Å². The fraction of sp³-hybridized carbons (Fsp3) is 0.286. The number of aromatic nitrogens is 1. The molecule has 0 amide bonds. The fourth-order valence-electron chi connectivity index (χ4n) is 0.711. The lowest BCUT2D eigenvalue weighted by Gasteiger charge is -2.04. The lowest BCUT2D eigenvalue weighted by Crippen LogP contribution is -1.99. The number of hydrogen-bond donors (Lipinski definition) is 1. The van der Waals surface area contributed by atoms with Crippen LogP contribution in [0.1, 0.15) is 5.56 Å². The Hall–Kier alpha value is -1.32. The first kappa shape index (κ1) is 7.78. The molecule has 3 nitrogen and oxygen atoms in total. The number of halogens is 1. The molecule has 0 aromatic carbocycles. The molecule has 0 aliphatic heterocycles. The molecule has 0 radical (unpaired) electrons. The number of nitrogens with zero attached hydrogens (tertiary/aromatic N) is 1. The summed E-state index contributed by atoms with van der Waals surface area (Å²) in [6, 6.07) is 0. The van der Waals surface area contributed by atoms with Gasteiger partial charge >= 0.3 is 0 Å². The zero-order valence-corrected chi connectivity index (χ0v) is 6.39. The van der Waals surface area contributed by atoms with Gasteiger partial charge < -0.3 is 10.5 Å². The molecule has 4 heteroatoms. The predicted molar refractivity (Wildman–Crippen MR) is 39.9 cm³/mol. The second-order valence-corrected chi connectivity index (χ2v) is 2.16. The van der Waals surface area contributed by atoms with Crippen LogP contribution in [0.2, 0.25) is 0 Å². The average molecular weight is 156 g/mol. The van der Waals surface area contributed by atoms with E-state index in [9.17, 15) is 4.39 Å². The van der Waals surface area contributed by atoms with Crippen molar-refractivity contribution < 1.29 is 9.13 Å². The van der Waals surface area contributed by atoms with Crippen LogP contribution in [0, 0.1) is 12.7 Å². The summed E-state index contributed by atoms with van der Waals surface area (Å²) in [5.74, 6) is -0.510. The van der Waals surface area contributed by atoms with Crippen molar-refractivity contribution in [1.82, 2.24) is 4.98 Å². The summed E-state index contributed by atoms with van der Waals surface area (Å²) < 4.78 is 17.6. The molecule has 1 rings (SSSR count). The van der Waals surface area contributed by atoms with Gasteiger partial charge in [-0.2, -0.15) is 0 Å². The third kappa shape index (κ3) is 1.24. The summed E-state index contributed by atoms with van der Waals surface area (Å²) >= 11 is 0. The van der Waals surface area contributed by atoms with E-state index in [1.807, 2.05) is 0 Å². The lowest BCUT2D eigenvalue weighted by molar-refractivity contribution is 0.368. The summed E-state index contributed by atoms with van der Waals surface area (Å²) in [5.41, 5.74) is 6.09. The Labute approximate surface area is 64.0 Å². The molecule has 1 heterocycles. The monoisotopic (exact) mass is 156 g/mol. The van der Waals surface area contributed by atoms with Crippen molar-refractivity contribution in [2.45, 2.75) is 6.92 Å². The highest BCUT2D eigenvalue weighted by Gasteiger charge is 2.08. The van der Waals surface area contributed by atoms with Gasteiger partial charge in [0.1, 0.15) is 0 Å². The van der Waals surface area contributed by atoms with Gasteiger partial charge in [-0.3, -0.25) is 0 Å². The van der Waals surface area contributed by atoms with E-state index in [4.69, 9.17) is 5.73 Å². The molecule has 0 spiro atoms. The van der Waals surface area contributed by atoms with Crippen molar-refractivity contribution in [3.05, 3.63) is 17.6 Å². The van der Waals surface area contributed by atoms with Gasteiger partial charge in [-0.1, -0.05) is 0 Å². The van der Waals surface area contributed by atoms with Gasteiger partial charge in [0.25, 0.3) is 5.88 Å². The van der Waals surface area contributed by atoms with Crippen molar-refractivity contribution in [2.24, 2.45) is 0 Å². The van der Waals surface area contributed by atoms with E-state index < -0.39 is 5.82 Å². The highest BCUT2D eigenvalue weighted by molar-refractivity contribution is 5.46. The van der Waals surface area contributed by atoms with E-state index in [0.29, 0.717) is 11.3 Å². The Morgan fingerprint density at radius 1 is 1.64 bits per heavy atom. The number of nitrogen functional groups attached to an aromatic ring is 1. The molecule has 0 unspecified atom stereocenters. The van der Waals surface area contributed by atoms with Crippen LogP contribution in [0.3, 0.4) is 0 Å². The normalized spacial score (nSPS) is 9.73. The first-order chi connectivity index (χ1) is 5.16. The number of anilines is 1.